The van der Waals surface area contributed by atoms with Gasteiger partial charge in [-0.25, -0.2) is 4.79 Å². The molecule has 1 aromatic carbocycles. The number of carboxylic acid groups (broad SMARTS) is 1. The molecule has 2 atom stereocenters. The van der Waals surface area contributed by atoms with Gasteiger partial charge in [-0.05, 0) is 17.9 Å². The Hall–Kier alpha value is -1.55. The fourth-order valence-electron chi connectivity index (χ4n) is 2.81. The third-order valence-corrected chi connectivity index (χ3v) is 4.10. The van der Waals surface area contributed by atoms with E-state index in [9.17, 15) is 4.79 Å². The van der Waals surface area contributed by atoms with Crippen LogP contribution in [0.5, 0.6) is 0 Å². The molecule has 1 aromatic rings. The Labute approximate surface area is 114 Å². The first-order chi connectivity index (χ1) is 8.90. The molecule has 1 heterocycles. The highest BCUT2D eigenvalue weighted by molar-refractivity contribution is 5.65. The second-order valence-electron chi connectivity index (χ2n) is 6.01. The lowest BCUT2D eigenvalue weighted by Gasteiger charge is -2.26. The zero-order valence-corrected chi connectivity index (χ0v) is 11.8. The van der Waals surface area contributed by atoms with E-state index < -0.39 is 6.09 Å². The van der Waals surface area contributed by atoms with Crippen molar-refractivity contribution in [3.8, 4) is 0 Å². The van der Waals surface area contributed by atoms with E-state index in [0.29, 0.717) is 6.04 Å². The standard InChI is InChI=1S/C15H22N2O2/c1-11(12-7-5-4-6-8-12)17-9-13(16-14(18)19)15(2,3)10-17/h4-8,11,13,16H,9-10H2,1-3H3,(H,18,19)/t11-,13+/m1/s1. The number of hydrogen-bond acceptors (Lipinski definition) is 2. The molecular formula is C15H22N2O2. The minimum absolute atomic E-state index is 0.0174. The van der Waals surface area contributed by atoms with Gasteiger partial charge < -0.3 is 10.4 Å². The molecule has 1 saturated heterocycles. The molecule has 0 unspecified atom stereocenters. The van der Waals surface area contributed by atoms with Crippen molar-refractivity contribution in [1.82, 2.24) is 10.2 Å². The normalized spacial score (nSPS) is 24.1. The molecule has 4 heteroatoms. The molecule has 4 nitrogen and oxygen atoms in total. The van der Waals surface area contributed by atoms with Crippen molar-refractivity contribution in [2.45, 2.75) is 32.9 Å². The van der Waals surface area contributed by atoms with Crippen LogP contribution >= 0.6 is 0 Å². The molecule has 0 spiro atoms. The second-order valence-corrected chi connectivity index (χ2v) is 6.01. The Balaban J connectivity index is 2.09. The highest BCUT2D eigenvalue weighted by Gasteiger charge is 2.41. The van der Waals surface area contributed by atoms with Gasteiger partial charge in [0, 0.05) is 19.1 Å². The van der Waals surface area contributed by atoms with Gasteiger partial charge in [-0.2, -0.15) is 0 Å². The van der Waals surface area contributed by atoms with E-state index in [-0.39, 0.29) is 11.5 Å². The summed E-state index contributed by atoms with van der Waals surface area (Å²) in [4.78, 5) is 13.2. The number of carbonyl (C=O) groups is 1. The van der Waals surface area contributed by atoms with Crippen molar-refractivity contribution in [2.75, 3.05) is 13.1 Å². The van der Waals surface area contributed by atoms with Crippen molar-refractivity contribution in [1.29, 1.82) is 0 Å². The quantitative estimate of drug-likeness (QED) is 0.880. The highest BCUT2D eigenvalue weighted by atomic mass is 16.4. The van der Waals surface area contributed by atoms with E-state index in [4.69, 9.17) is 5.11 Å². The van der Waals surface area contributed by atoms with Gasteiger partial charge >= 0.3 is 6.09 Å². The van der Waals surface area contributed by atoms with Gasteiger partial charge in [0.15, 0.2) is 0 Å². The molecule has 1 aliphatic rings. The van der Waals surface area contributed by atoms with Crippen LogP contribution in [0.2, 0.25) is 0 Å². The van der Waals surface area contributed by atoms with Crippen LogP contribution in [0.25, 0.3) is 0 Å². The lowest BCUT2D eigenvalue weighted by Crippen LogP contribution is -2.43. The molecule has 104 valence electrons. The molecule has 19 heavy (non-hydrogen) atoms. The monoisotopic (exact) mass is 262 g/mol. The zero-order chi connectivity index (χ0) is 14.0. The first kappa shape index (κ1) is 13.9. The number of likely N-dealkylation sites (tertiary alicyclic amines) is 1. The third-order valence-electron chi connectivity index (χ3n) is 4.10. The molecule has 0 aliphatic carbocycles. The van der Waals surface area contributed by atoms with Crippen LogP contribution < -0.4 is 5.32 Å². The molecule has 2 N–H and O–H groups in total. The highest BCUT2D eigenvalue weighted by Crippen LogP contribution is 2.34. The van der Waals surface area contributed by atoms with Crippen LogP contribution in [-0.4, -0.2) is 35.2 Å². The number of benzene rings is 1. The number of amides is 1. The van der Waals surface area contributed by atoms with Crippen LogP contribution in [0.15, 0.2) is 30.3 Å². The molecule has 1 aliphatic heterocycles. The van der Waals surface area contributed by atoms with Gasteiger partial charge in [0.1, 0.15) is 0 Å². The van der Waals surface area contributed by atoms with Gasteiger partial charge in [0.25, 0.3) is 0 Å². The fraction of sp³-hybridized carbons (Fsp3) is 0.533. The first-order valence-electron chi connectivity index (χ1n) is 6.68. The van der Waals surface area contributed by atoms with Gasteiger partial charge in [-0.3, -0.25) is 4.90 Å². The average Bonchev–Trinajstić information content (AvgIpc) is 2.64. The van der Waals surface area contributed by atoms with Crippen LogP contribution in [-0.2, 0) is 0 Å². The summed E-state index contributed by atoms with van der Waals surface area (Å²) in [6, 6.07) is 10.6. The van der Waals surface area contributed by atoms with Crippen LogP contribution in [0.3, 0.4) is 0 Å². The minimum atomic E-state index is -0.938. The largest absolute Gasteiger partial charge is 0.465 e. The van der Waals surface area contributed by atoms with Gasteiger partial charge in [0.05, 0.1) is 6.04 Å². The number of nitrogens with zero attached hydrogens (tertiary/aromatic N) is 1. The molecule has 0 saturated carbocycles. The van der Waals surface area contributed by atoms with E-state index in [1.165, 1.54) is 5.56 Å². The first-order valence-corrected chi connectivity index (χ1v) is 6.68. The molecular weight excluding hydrogens is 240 g/mol. The number of hydrogen-bond donors (Lipinski definition) is 2. The summed E-state index contributed by atoms with van der Waals surface area (Å²) in [6.45, 7) is 8.06. The average molecular weight is 262 g/mol. The van der Waals surface area contributed by atoms with E-state index >= 15 is 0 Å². The molecule has 0 bridgehead atoms. The number of rotatable bonds is 3. The number of nitrogens with one attached hydrogen (secondary N) is 1. The molecule has 1 amide bonds. The maximum Gasteiger partial charge on any atom is 0.404 e. The predicted molar refractivity (Wildman–Crippen MR) is 75.2 cm³/mol. The van der Waals surface area contributed by atoms with Crippen molar-refractivity contribution in [2.24, 2.45) is 5.41 Å². The fourth-order valence-corrected chi connectivity index (χ4v) is 2.81. The van der Waals surface area contributed by atoms with Crippen molar-refractivity contribution < 1.29 is 9.90 Å². The Bertz CT molecular complexity index is 445. The Kier molecular flexibility index (Phi) is 3.80. The lowest BCUT2D eigenvalue weighted by molar-refractivity contribution is 0.181. The van der Waals surface area contributed by atoms with E-state index in [0.717, 1.165) is 13.1 Å². The molecule has 1 fully saturated rings. The topological polar surface area (TPSA) is 52.6 Å². The Morgan fingerprint density at radius 2 is 2.05 bits per heavy atom. The summed E-state index contributed by atoms with van der Waals surface area (Å²) in [5.74, 6) is 0. The van der Waals surface area contributed by atoms with Gasteiger partial charge in [0.2, 0.25) is 0 Å². The summed E-state index contributed by atoms with van der Waals surface area (Å²) < 4.78 is 0. The Morgan fingerprint density at radius 1 is 1.42 bits per heavy atom. The molecule has 2 rings (SSSR count). The van der Waals surface area contributed by atoms with Crippen molar-refractivity contribution in [3.63, 3.8) is 0 Å². The maximum absolute atomic E-state index is 10.9. The molecule has 0 aromatic heterocycles. The predicted octanol–water partition coefficient (Wildman–Crippen LogP) is 2.73. The minimum Gasteiger partial charge on any atom is -0.465 e. The van der Waals surface area contributed by atoms with Crippen LogP contribution in [0, 0.1) is 5.41 Å². The van der Waals surface area contributed by atoms with Gasteiger partial charge in [-0.15, -0.1) is 0 Å². The van der Waals surface area contributed by atoms with E-state index in [1.54, 1.807) is 0 Å². The maximum atomic E-state index is 10.9. The smallest absolute Gasteiger partial charge is 0.404 e. The summed E-state index contributed by atoms with van der Waals surface area (Å²) in [6.07, 6.45) is -0.938. The van der Waals surface area contributed by atoms with Crippen molar-refractivity contribution >= 4 is 6.09 Å². The lowest BCUT2D eigenvalue weighted by atomic mass is 9.88. The molecule has 0 radical (unpaired) electrons. The summed E-state index contributed by atoms with van der Waals surface area (Å²) in [5.41, 5.74) is 1.23. The van der Waals surface area contributed by atoms with E-state index in [1.807, 2.05) is 18.2 Å². The summed E-state index contributed by atoms with van der Waals surface area (Å²) >= 11 is 0. The second kappa shape index (κ2) is 5.21. The summed E-state index contributed by atoms with van der Waals surface area (Å²) in [5, 5.41) is 11.6. The van der Waals surface area contributed by atoms with E-state index in [2.05, 4.69) is 43.1 Å². The van der Waals surface area contributed by atoms with Crippen LogP contribution in [0.1, 0.15) is 32.4 Å². The summed E-state index contributed by atoms with van der Waals surface area (Å²) in [7, 11) is 0. The SMILES string of the molecule is C[C@H](c1ccccc1)N1C[C@H](NC(=O)O)C(C)(C)C1. The van der Waals surface area contributed by atoms with Crippen LogP contribution in [0.4, 0.5) is 4.79 Å². The van der Waals surface area contributed by atoms with Crippen molar-refractivity contribution in [3.05, 3.63) is 35.9 Å². The Morgan fingerprint density at radius 3 is 2.63 bits per heavy atom. The third kappa shape index (κ3) is 3.07. The van der Waals surface area contributed by atoms with Gasteiger partial charge in [-0.1, -0.05) is 44.2 Å². The zero-order valence-electron chi connectivity index (χ0n) is 11.8.